The summed E-state index contributed by atoms with van der Waals surface area (Å²) in [5.41, 5.74) is 0.694. The molecular weight excluding hydrogens is 374 g/mol. The van der Waals surface area contributed by atoms with E-state index < -0.39 is 0 Å². The van der Waals surface area contributed by atoms with E-state index in [-0.39, 0.29) is 11.5 Å². The number of aromatic nitrogens is 3. The number of rotatable bonds is 4. The average molecular weight is 398 g/mol. The molecule has 8 heteroatoms. The molecule has 1 aliphatic heterocycles. The maximum atomic E-state index is 13.1. The van der Waals surface area contributed by atoms with Gasteiger partial charge in [-0.05, 0) is 31.0 Å². The molecule has 3 aromatic heterocycles. The molecule has 4 heterocycles. The van der Waals surface area contributed by atoms with E-state index in [2.05, 4.69) is 14.9 Å². The van der Waals surface area contributed by atoms with E-state index in [4.69, 9.17) is 0 Å². The molecule has 0 spiro atoms. The van der Waals surface area contributed by atoms with Gasteiger partial charge in [0.25, 0.3) is 11.5 Å². The Morgan fingerprint density at radius 1 is 1.18 bits per heavy atom. The van der Waals surface area contributed by atoms with Crippen LogP contribution in [-0.4, -0.2) is 51.5 Å². The van der Waals surface area contributed by atoms with Crippen LogP contribution < -0.4 is 10.5 Å². The molecule has 0 N–H and O–H groups in total. The minimum absolute atomic E-state index is 0.0115. The average Bonchev–Trinajstić information content (AvgIpc) is 3.07. The Labute approximate surface area is 167 Å². The molecule has 0 aliphatic carbocycles. The molecular formula is C20H23N5O2S. The predicted molar refractivity (Wildman–Crippen MR) is 111 cm³/mol. The number of nitrogens with zero attached hydrogens (tertiary/aromatic N) is 5. The van der Waals surface area contributed by atoms with Crippen LogP contribution in [0.1, 0.15) is 28.6 Å². The van der Waals surface area contributed by atoms with Gasteiger partial charge in [0.1, 0.15) is 10.6 Å². The Morgan fingerprint density at radius 3 is 2.64 bits per heavy atom. The number of thiophene rings is 1. The van der Waals surface area contributed by atoms with Crippen molar-refractivity contribution in [1.82, 2.24) is 19.4 Å². The van der Waals surface area contributed by atoms with Crippen molar-refractivity contribution in [2.75, 3.05) is 31.1 Å². The summed E-state index contributed by atoms with van der Waals surface area (Å²) >= 11 is 1.32. The van der Waals surface area contributed by atoms with Crippen molar-refractivity contribution >= 4 is 33.3 Å². The molecule has 146 valence electrons. The van der Waals surface area contributed by atoms with Gasteiger partial charge in [-0.15, -0.1) is 11.3 Å². The highest BCUT2D eigenvalue weighted by Gasteiger charge is 2.27. The minimum Gasteiger partial charge on any atom is -0.353 e. The molecule has 1 saturated heterocycles. The highest BCUT2D eigenvalue weighted by atomic mass is 32.1. The first-order valence-electron chi connectivity index (χ1n) is 9.54. The second-order valence-electron chi connectivity index (χ2n) is 6.95. The van der Waals surface area contributed by atoms with Crippen LogP contribution in [0.4, 0.5) is 5.82 Å². The number of carbonyl (C=O) groups is 1. The quantitative estimate of drug-likeness (QED) is 0.677. The largest absolute Gasteiger partial charge is 0.353 e. The molecule has 1 aliphatic rings. The number of hydrogen-bond acceptors (Lipinski definition) is 6. The van der Waals surface area contributed by atoms with Gasteiger partial charge in [-0.3, -0.25) is 14.2 Å². The van der Waals surface area contributed by atoms with Crippen LogP contribution in [0.25, 0.3) is 10.2 Å². The van der Waals surface area contributed by atoms with Gasteiger partial charge in [0.2, 0.25) is 0 Å². The standard InChI is InChI=1S/C20H23N5O2S/c1-3-8-25-13-22-18-16(19(25)26)14(2)17(28-18)20(27)24-11-9-23(10-12-24)15-6-4-5-7-21-15/h4-7,13H,3,8-12H2,1-2H3. The van der Waals surface area contributed by atoms with Crippen molar-refractivity contribution in [2.24, 2.45) is 0 Å². The molecule has 3 aromatic rings. The van der Waals surface area contributed by atoms with E-state index in [0.29, 0.717) is 34.7 Å². The summed E-state index contributed by atoms with van der Waals surface area (Å²) in [5.74, 6) is 0.927. The molecule has 1 amide bonds. The Bertz CT molecular complexity index is 1050. The first-order valence-corrected chi connectivity index (χ1v) is 10.4. The van der Waals surface area contributed by atoms with Gasteiger partial charge in [-0.1, -0.05) is 13.0 Å². The van der Waals surface area contributed by atoms with Crippen LogP contribution in [0, 0.1) is 6.92 Å². The van der Waals surface area contributed by atoms with E-state index in [9.17, 15) is 9.59 Å². The monoisotopic (exact) mass is 397 g/mol. The van der Waals surface area contributed by atoms with Crippen LogP contribution in [0.3, 0.4) is 0 Å². The molecule has 0 aromatic carbocycles. The van der Waals surface area contributed by atoms with Crippen molar-refractivity contribution < 1.29 is 4.79 Å². The maximum Gasteiger partial charge on any atom is 0.264 e. The zero-order valence-corrected chi connectivity index (χ0v) is 16.9. The second-order valence-corrected chi connectivity index (χ2v) is 7.95. The first kappa shape index (κ1) is 18.6. The van der Waals surface area contributed by atoms with E-state index in [1.807, 2.05) is 36.9 Å². The zero-order valence-electron chi connectivity index (χ0n) is 16.1. The summed E-state index contributed by atoms with van der Waals surface area (Å²) in [4.78, 5) is 40.0. The van der Waals surface area contributed by atoms with Gasteiger partial charge in [-0.2, -0.15) is 0 Å². The van der Waals surface area contributed by atoms with Gasteiger partial charge in [0, 0.05) is 38.9 Å². The lowest BCUT2D eigenvalue weighted by Gasteiger charge is -2.35. The normalized spacial score (nSPS) is 14.6. The lowest BCUT2D eigenvalue weighted by molar-refractivity contribution is 0.0751. The molecule has 0 bridgehead atoms. The number of amides is 1. The Morgan fingerprint density at radius 2 is 1.96 bits per heavy atom. The zero-order chi connectivity index (χ0) is 19.7. The van der Waals surface area contributed by atoms with Gasteiger partial charge in [0.15, 0.2) is 0 Å². The number of fused-ring (bicyclic) bond motifs is 1. The van der Waals surface area contributed by atoms with Crippen LogP contribution in [0.5, 0.6) is 0 Å². The Balaban J connectivity index is 1.56. The highest BCUT2D eigenvalue weighted by Crippen LogP contribution is 2.28. The first-order chi connectivity index (χ1) is 13.6. The third kappa shape index (κ3) is 3.28. The van der Waals surface area contributed by atoms with Crippen molar-refractivity contribution in [3.8, 4) is 0 Å². The molecule has 28 heavy (non-hydrogen) atoms. The number of aryl methyl sites for hydroxylation is 2. The topological polar surface area (TPSA) is 71.3 Å². The minimum atomic E-state index is -0.0559. The number of pyridine rings is 1. The fraction of sp³-hybridized carbons (Fsp3) is 0.400. The summed E-state index contributed by atoms with van der Waals surface area (Å²) < 4.78 is 1.63. The van der Waals surface area contributed by atoms with Crippen molar-refractivity contribution in [1.29, 1.82) is 0 Å². The third-order valence-electron chi connectivity index (χ3n) is 5.12. The van der Waals surface area contributed by atoms with Gasteiger partial charge in [-0.25, -0.2) is 9.97 Å². The highest BCUT2D eigenvalue weighted by molar-refractivity contribution is 7.20. The maximum absolute atomic E-state index is 13.1. The van der Waals surface area contributed by atoms with Crippen LogP contribution >= 0.6 is 11.3 Å². The van der Waals surface area contributed by atoms with Crippen molar-refractivity contribution in [3.05, 3.63) is 51.5 Å². The fourth-order valence-corrected chi connectivity index (χ4v) is 4.69. The lowest BCUT2D eigenvalue weighted by atomic mass is 10.2. The molecule has 7 nitrogen and oxygen atoms in total. The molecule has 0 unspecified atom stereocenters. The summed E-state index contributed by atoms with van der Waals surface area (Å²) in [6.07, 6.45) is 4.23. The van der Waals surface area contributed by atoms with Crippen molar-refractivity contribution in [2.45, 2.75) is 26.8 Å². The van der Waals surface area contributed by atoms with Gasteiger partial charge in [0.05, 0.1) is 16.6 Å². The molecule has 1 fully saturated rings. The lowest BCUT2D eigenvalue weighted by Crippen LogP contribution is -2.49. The Hall–Kier alpha value is -2.74. The summed E-state index contributed by atoms with van der Waals surface area (Å²) in [6.45, 7) is 7.28. The van der Waals surface area contributed by atoms with Gasteiger partial charge >= 0.3 is 0 Å². The predicted octanol–water partition coefficient (Wildman–Crippen LogP) is 2.53. The van der Waals surface area contributed by atoms with E-state index in [1.54, 1.807) is 17.1 Å². The van der Waals surface area contributed by atoms with Gasteiger partial charge < -0.3 is 9.80 Å². The SMILES string of the molecule is CCCn1cnc2sc(C(=O)N3CCN(c4ccccn4)CC3)c(C)c2c1=O. The second kappa shape index (κ2) is 7.71. The molecule has 4 rings (SSSR count). The molecule has 0 saturated carbocycles. The smallest absolute Gasteiger partial charge is 0.264 e. The number of anilines is 1. The third-order valence-corrected chi connectivity index (χ3v) is 6.30. The summed E-state index contributed by atoms with van der Waals surface area (Å²) in [7, 11) is 0. The Kier molecular flexibility index (Phi) is 5.13. The molecule has 0 atom stereocenters. The van der Waals surface area contributed by atoms with E-state index in [1.165, 1.54) is 11.3 Å². The number of piperazine rings is 1. The van der Waals surface area contributed by atoms with Crippen LogP contribution in [0.2, 0.25) is 0 Å². The number of hydrogen-bond donors (Lipinski definition) is 0. The summed E-state index contributed by atoms with van der Waals surface area (Å²) in [6, 6.07) is 5.86. The van der Waals surface area contributed by atoms with E-state index >= 15 is 0 Å². The van der Waals surface area contributed by atoms with Crippen LogP contribution in [0.15, 0.2) is 35.5 Å². The number of carbonyl (C=O) groups excluding carboxylic acids is 1. The fourth-order valence-electron chi connectivity index (χ4n) is 3.59. The molecule has 0 radical (unpaired) electrons. The summed E-state index contributed by atoms with van der Waals surface area (Å²) in [5, 5.41) is 0.580. The van der Waals surface area contributed by atoms with Crippen LogP contribution in [-0.2, 0) is 6.54 Å². The van der Waals surface area contributed by atoms with Crippen molar-refractivity contribution in [3.63, 3.8) is 0 Å². The van der Waals surface area contributed by atoms with E-state index in [0.717, 1.165) is 30.9 Å².